The molecule has 0 saturated carbocycles. The number of ether oxygens (including phenoxy) is 1. The first kappa shape index (κ1) is 13.8. The van der Waals surface area contributed by atoms with Crippen LogP contribution in [-0.2, 0) is 0 Å². The van der Waals surface area contributed by atoms with Gasteiger partial charge in [0, 0.05) is 5.56 Å². The molecule has 1 rings (SSSR count). The molecule has 0 bridgehead atoms. The summed E-state index contributed by atoms with van der Waals surface area (Å²) in [6.45, 7) is 6.80. The van der Waals surface area contributed by atoms with Gasteiger partial charge in [-0.2, -0.15) is 0 Å². The van der Waals surface area contributed by atoms with Crippen LogP contribution in [0.3, 0.4) is 0 Å². The summed E-state index contributed by atoms with van der Waals surface area (Å²) in [4.78, 5) is 11.1. The van der Waals surface area contributed by atoms with Crippen LogP contribution < -0.4 is 4.74 Å². The molecule has 1 atom stereocenters. The molecule has 94 valence electrons. The molecule has 0 spiro atoms. The molecule has 2 heteroatoms. The third-order valence-corrected chi connectivity index (χ3v) is 3.07. The van der Waals surface area contributed by atoms with Crippen molar-refractivity contribution in [3.63, 3.8) is 0 Å². The van der Waals surface area contributed by atoms with Crippen LogP contribution in [0.25, 0.3) is 0 Å². The highest BCUT2D eigenvalue weighted by molar-refractivity contribution is 5.94. The molecule has 0 N–H and O–H groups in total. The maximum Gasteiger partial charge on any atom is 0.159 e. The Morgan fingerprint density at radius 1 is 1.29 bits per heavy atom. The first-order chi connectivity index (χ1) is 8.13. The summed E-state index contributed by atoms with van der Waals surface area (Å²) in [6, 6.07) is 7.35. The van der Waals surface area contributed by atoms with Gasteiger partial charge in [-0.3, -0.25) is 4.79 Å². The molecule has 0 radical (unpaired) electrons. The van der Waals surface area contributed by atoms with Crippen LogP contribution in [0.1, 0.15) is 50.4 Å². The van der Waals surface area contributed by atoms with E-state index in [1.165, 1.54) is 12.8 Å². The van der Waals surface area contributed by atoms with Crippen molar-refractivity contribution in [2.24, 2.45) is 5.92 Å². The molecule has 0 amide bonds. The predicted octanol–water partition coefficient (Wildman–Crippen LogP) is 4.09. The van der Waals surface area contributed by atoms with E-state index in [4.69, 9.17) is 4.74 Å². The Hall–Kier alpha value is -1.31. The summed E-state index contributed by atoms with van der Waals surface area (Å²) < 4.78 is 5.62. The Balaban J connectivity index is 2.30. The van der Waals surface area contributed by atoms with Gasteiger partial charge in [-0.1, -0.05) is 20.3 Å². The van der Waals surface area contributed by atoms with E-state index in [9.17, 15) is 4.79 Å². The van der Waals surface area contributed by atoms with E-state index in [1.807, 2.05) is 24.3 Å². The number of hydrogen-bond acceptors (Lipinski definition) is 2. The van der Waals surface area contributed by atoms with Gasteiger partial charge in [0.05, 0.1) is 6.61 Å². The van der Waals surface area contributed by atoms with Crippen LogP contribution in [0.5, 0.6) is 5.75 Å². The molecular weight excluding hydrogens is 212 g/mol. The lowest BCUT2D eigenvalue weighted by atomic mass is 10.0. The fraction of sp³-hybridized carbons (Fsp3) is 0.533. The summed E-state index contributed by atoms with van der Waals surface area (Å²) in [5.41, 5.74) is 0.733. The third-order valence-electron chi connectivity index (χ3n) is 3.07. The second kappa shape index (κ2) is 7.10. The fourth-order valence-corrected chi connectivity index (χ4v) is 1.61. The van der Waals surface area contributed by atoms with Gasteiger partial charge in [0.15, 0.2) is 5.78 Å². The van der Waals surface area contributed by atoms with E-state index in [-0.39, 0.29) is 5.78 Å². The normalized spacial score (nSPS) is 12.2. The Kier molecular flexibility index (Phi) is 5.75. The van der Waals surface area contributed by atoms with E-state index in [1.54, 1.807) is 6.92 Å². The second-order valence-corrected chi connectivity index (χ2v) is 4.58. The zero-order chi connectivity index (χ0) is 12.7. The van der Waals surface area contributed by atoms with E-state index in [2.05, 4.69) is 13.8 Å². The topological polar surface area (TPSA) is 26.3 Å². The number of benzene rings is 1. The van der Waals surface area contributed by atoms with E-state index < -0.39 is 0 Å². The van der Waals surface area contributed by atoms with Gasteiger partial charge in [-0.25, -0.2) is 0 Å². The van der Waals surface area contributed by atoms with Gasteiger partial charge in [-0.15, -0.1) is 0 Å². The maximum absolute atomic E-state index is 11.1. The first-order valence-electron chi connectivity index (χ1n) is 6.37. The molecule has 0 aromatic heterocycles. The lowest BCUT2D eigenvalue weighted by Gasteiger charge is -2.09. The van der Waals surface area contributed by atoms with Gasteiger partial charge in [0.1, 0.15) is 5.75 Å². The van der Waals surface area contributed by atoms with Crippen molar-refractivity contribution < 1.29 is 9.53 Å². The lowest BCUT2D eigenvalue weighted by Crippen LogP contribution is -2.01. The van der Waals surface area contributed by atoms with Crippen LogP contribution in [0, 0.1) is 5.92 Å². The Labute approximate surface area is 104 Å². The van der Waals surface area contributed by atoms with Crippen LogP contribution in [0.2, 0.25) is 0 Å². The predicted molar refractivity (Wildman–Crippen MR) is 70.6 cm³/mol. The highest BCUT2D eigenvalue weighted by atomic mass is 16.5. The summed E-state index contributed by atoms with van der Waals surface area (Å²) in [7, 11) is 0. The van der Waals surface area contributed by atoms with E-state index >= 15 is 0 Å². The quantitative estimate of drug-likeness (QED) is 0.524. The van der Waals surface area contributed by atoms with Crippen molar-refractivity contribution in [1.29, 1.82) is 0 Å². The van der Waals surface area contributed by atoms with Crippen LogP contribution in [-0.4, -0.2) is 12.4 Å². The highest BCUT2D eigenvalue weighted by Crippen LogP contribution is 2.14. The molecule has 0 saturated heterocycles. The van der Waals surface area contributed by atoms with E-state index in [0.29, 0.717) is 0 Å². The summed E-state index contributed by atoms with van der Waals surface area (Å²) in [6.07, 6.45) is 3.53. The molecule has 0 fully saturated rings. The average molecular weight is 234 g/mol. The minimum absolute atomic E-state index is 0.0910. The van der Waals surface area contributed by atoms with Gasteiger partial charge in [-0.05, 0) is 49.9 Å². The number of ketones is 1. The molecule has 17 heavy (non-hydrogen) atoms. The van der Waals surface area contributed by atoms with Crippen molar-refractivity contribution in [3.05, 3.63) is 29.8 Å². The average Bonchev–Trinajstić information content (AvgIpc) is 2.34. The minimum atomic E-state index is 0.0910. The second-order valence-electron chi connectivity index (χ2n) is 4.58. The lowest BCUT2D eigenvalue weighted by molar-refractivity contribution is 0.101. The molecule has 0 heterocycles. The van der Waals surface area contributed by atoms with Crippen molar-refractivity contribution in [2.75, 3.05) is 6.61 Å². The van der Waals surface area contributed by atoms with Crippen LogP contribution >= 0.6 is 0 Å². The van der Waals surface area contributed by atoms with Gasteiger partial charge in [0.25, 0.3) is 0 Å². The van der Waals surface area contributed by atoms with Crippen molar-refractivity contribution >= 4 is 5.78 Å². The largest absolute Gasteiger partial charge is 0.494 e. The molecule has 1 aromatic rings. The summed E-state index contributed by atoms with van der Waals surface area (Å²) in [5.74, 6) is 1.71. The SMILES string of the molecule is CCC(C)CCCOc1ccc(C(C)=O)cc1. The molecule has 0 aliphatic rings. The molecule has 2 nitrogen and oxygen atoms in total. The van der Waals surface area contributed by atoms with Gasteiger partial charge < -0.3 is 4.74 Å². The third kappa shape index (κ3) is 5.03. The Morgan fingerprint density at radius 3 is 2.47 bits per heavy atom. The number of carbonyl (C=O) groups excluding carboxylic acids is 1. The molecule has 1 unspecified atom stereocenters. The van der Waals surface area contributed by atoms with Crippen LogP contribution in [0.4, 0.5) is 0 Å². The Bertz CT molecular complexity index is 340. The number of carbonyl (C=O) groups is 1. The zero-order valence-electron chi connectivity index (χ0n) is 11.0. The van der Waals surface area contributed by atoms with Gasteiger partial charge in [0.2, 0.25) is 0 Å². The molecule has 0 aliphatic heterocycles. The number of Topliss-reactive ketones (excluding diaryl/α,β-unsaturated/α-hetero) is 1. The van der Waals surface area contributed by atoms with Crippen molar-refractivity contribution in [3.8, 4) is 5.75 Å². The standard InChI is InChI=1S/C15H22O2/c1-4-12(2)6-5-11-17-15-9-7-14(8-10-15)13(3)16/h7-10,12H,4-6,11H2,1-3H3. The van der Waals surface area contributed by atoms with Gasteiger partial charge >= 0.3 is 0 Å². The molecular formula is C15H22O2. The summed E-state index contributed by atoms with van der Waals surface area (Å²) in [5, 5.41) is 0. The number of rotatable bonds is 7. The highest BCUT2D eigenvalue weighted by Gasteiger charge is 2.01. The van der Waals surface area contributed by atoms with Crippen LogP contribution in [0.15, 0.2) is 24.3 Å². The minimum Gasteiger partial charge on any atom is -0.494 e. The maximum atomic E-state index is 11.1. The fourth-order valence-electron chi connectivity index (χ4n) is 1.61. The monoisotopic (exact) mass is 234 g/mol. The van der Waals surface area contributed by atoms with E-state index in [0.717, 1.165) is 30.3 Å². The zero-order valence-corrected chi connectivity index (χ0v) is 11.0. The van der Waals surface area contributed by atoms with Crippen molar-refractivity contribution in [2.45, 2.75) is 40.0 Å². The van der Waals surface area contributed by atoms with Crippen molar-refractivity contribution in [1.82, 2.24) is 0 Å². The molecule has 1 aromatic carbocycles. The smallest absolute Gasteiger partial charge is 0.159 e. The summed E-state index contributed by atoms with van der Waals surface area (Å²) >= 11 is 0. The Morgan fingerprint density at radius 2 is 1.94 bits per heavy atom. The first-order valence-corrected chi connectivity index (χ1v) is 6.37. The molecule has 0 aliphatic carbocycles. The number of hydrogen-bond donors (Lipinski definition) is 0.